The highest BCUT2D eigenvalue weighted by Gasteiger charge is 2.19. The molecule has 3 nitrogen and oxygen atoms in total. The second kappa shape index (κ2) is 6.34. The molecule has 0 unspecified atom stereocenters. The molecule has 0 atom stereocenters. The van der Waals surface area contributed by atoms with Gasteiger partial charge < -0.3 is 9.64 Å². The van der Waals surface area contributed by atoms with Gasteiger partial charge in [0.15, 0.2) is 0 Å². The molecule has 0 bridgehead atoms. The number of nitrogens with zero attached hydrogens (tertiary/aromatic N) is 1. The van der Waals surface area contributed by atoms with Crippen LogP contribution in [0.5, 0.6) is 0 Å². The van der Waals surface area contributed by atoms with Gasteiger partial charge >= 0.3 is 0 Å². The molecule has 0 radical (unpaired) electrons. The van der Waals surface area contributed by atoms with Gasteiger partial charge in [0.05, 0.1) is 13.0 Å². The SMILES string of the molecule is O=C(Cc1cc2c(-c3ccc(F)cc3)cccc2s1)N1CCOC1. The van der Waals surface area contributed by atoms with Crippen molar-refractivity contribution in [2.24, 2.45) is 0 Å². The van der Waals surface area contributed by atoms with Crippen LogP contribution in [-0.2, 0) is 16.0 Å². The van der Waals surface area contributed by atoms with E-state index in [1.54, 1.807) is 28.4 Å². The zero-order valence-electron chi connectivity index (χ0n) is 13.0. The van der Waals surface area contributed by atoms with E-state index in [0.717, 1.165) is 26.1 Å². The maximum Gasteiger partial charge on any atom is 0.229 e. The average molecular weight is 341 g/mol. The summed E-state index contributed by atoms with van der Waals surface area (Å²) in [6.07, 6.45) is 0.394. The van der Waals surface area contributed by atoms with Crippen molar-refractivity contribution in [3.63, 3.8) is 0 Å². The lowest BCUT2D eigenvalue weighted by Crippen LogP contribution is -2.29. The van der Waals surface area contributed by atoms with Crippen molar-refractivity contribution in [3.8, 4) is 11.1 Å². The molecule has 0 spiro atoms. The van der Waals surface area contributed by atoms with Crippen molar-refractivity contribution >= 4 is 27.3 Å². The third kappa shape index (κ3) is 2.92. The number of carbonyl (C=O) groups excluding carboxylic acids is 1. The number of ether oxygens (including phenoxy) is 1. The second-order valence-electron chi connectivity index (χ2n) is 5.81. The number of fused-ring (bicyclic) bond motifs is 1. The summed E-state index contributed by atoms with van der Waals surface area (Å²) in [5.41, 5.74) is 2.04. The zero-order chi connectivity index (χ0) is 16.5. The van der Waals surface area contributed by atoms with Crippen LogP contribution < -0.4 is 0 Å². The Kier molecular flexibility index (Phi) is 4.04. The van der Waals surface area contributed by atoms with E-state index in [2.05, 4.69) is 12.1 Å². The Morgan fingerprint density at radius 2 is 2.04 bits per heavy atom. The molecular formula is C19H16FNO2S. The van der Waals surface area contributed by atoms with Crippen LogP contribution in [0.15, 0.2) is 48.5 Å². The van der Waals surface area contributed by atoms with E-state index < -0.39 is 0 Å². The molecule has 4 rings (SSSR count). The van der Waals surface area contributed by atoms with Crippen molar-refractivity contribution in [1.29, 1.82) is 0 Å². The van der Waals surface area contributed by atoms with E-state index in [1.807, 2.05) is 12.1 Å². The van der Waals surface area contributed by atoms with Crippen LogP contribution in [0.3, 0.4) is 0 Å². The fourth-order valence-corrected chi connectivity index (χ4v) is 4.03. The Labute approximate surface area is 143 Å². The van der Waals surface area contributed by atoms with Crippen LogP contribution in [0.1, 0.15) is 4.88 Å². The summed E-state index contributed by atoms with van der Waals surface area (Å²) in [5, 5.41) is 1.11. The first-order valence-corrected chi connectivity index (χ1v) is 8.65. The topological polar surface area (TPSA) is 29.5 Å². The molecule has 1 amide bonds. The number of halogens is 1. The summed E-state index contributed by atoms with van der Waals surface area (Å²) >= 11 is 1.63. The molecule has 0 N–H and O–H groups in total. The van der Waals surface area contributed by atoms with Gasteiger partial charge in [0.1, 0.15) is 12.5 Å². The number of hydrogen-bond donors (Lipinski definition) is 0. The van der Waals surface area contributed by atoms with E-state index in [0.29, 0.717) is 26.3 Å². The molecule has 1 aromatic heterocycles. The maximum atomic E-state index is 13.2. The maximum absolute atomic E-state index is 13.2. The van der Waals surface area contributed by atoms with Gasteiger partial charge in [-0.3, -0.25) is 4.79 Å². The van der Waals surface area contributed by atoms with Gasteiger partial charge in [0, 0.05) is 21.5 Å². The van der Waals surface area contributed by atoms with Crippen molar-refractivity contribution in [2.45, 2.75) is 6.42 Å². The van der Waals surface area contributed by atoms with E-state index in [9.17, 15) is 9.18 Å². The smallest absolute Gasteiger partial charge is 0.229 e. The Bertz CT molecular complexity index is 882. The number of benzene rings is 2. The van der Waals surface area contributed by atoms with Gasteiger partial charge in [-0.25, -0.2) is 4.39 Å². The van der Waals surface area contributed by atoms with E-state index in [4.69, 9.17) is 4.74 Å². The van der Waals surface area contributed by atoms with Crippen molar-refractivity contribution in [1.82, 2.24) is 4.90 Å². The Balaban J connectivity index is 1.66. The van der Waals surface area contributed by atoms with Crippen LogP contribution in [0, 0.1) is 5.82 Å². The molecule has 2 heterocycles. The highest BCUT2D eigenvalue weighted by atomic mass is 32.1. The molecule has 1 saturated heterocycles. The van der Waals surface area contributed by atoms with Crippen LogP contribution >= 0.6 is 11.3 Å². The molecule has 3 aromatic rings. The molecule has 122 valence electrons. The number of carbonyl (C=O) groups is 1. The minimum absolute atomic E-state index is 0.0994. The first kappa shape index (κ1) is 15.3. The Hall–Kier alpha value is -2.24. The normalized spacial score (nSPS) is 14.5. The fourth-order valence-electron chi connectivity index (χ4n) is 2.95. The summed E-state index contributed by atoms with van der Waals surface area (Å²) < 4.78 is 19.5. The third-order valence-corrected chi connectivity index (χ3v) is 5.30. The van der Waals surface area contributed by atoms with E-state index in [-0.39, 0.29) is 11.7 Å². The lowest BCUT2D eigenvalue weighted by Gasteiger charge is -2.12. The minimum atomic E-state index is -0.240. The molecule has 0 saturated carbocycles. The van der Waals surface area contributed by atoms with Crippen molar-refractivity contribution in [3.05, 3.63) is 59.2 Å². The van der Waals surface area contributed by atoms with E-state index in [1.165, 1.54) is 12.1 Å². The minimum Gasteiger partial charge on any atom is -0.359 e. The number of thiophene rings is 1. The fraction of sp³-hybridized carbons (Fsp3) is 0.211. The predicted molar refractivity (Wildman–Crippen MR) is 93.5 cm³/mol. The van der Waals surface area contributed by atoms with Crippen LogP contribution in [-0.4, -0.2) is 30.7 Å². The van der Waals surface area contributed by atoms with Crippen LogP contribution in [0.2, 0.25) is 0 Å². The Morgan fingerprint density at radius 1 is 1.21 bits per heavy atom. The van der Waals surface area contributed by atoms with Crippen LogP contribution in [0.25, 0.3) is 21.2 Å². The molecule has 1 fully saturated rings. The van der Waals surface area contributed by atoms with Crippen LogP contribution in [0.4, 0.5) is 4.39 Å². The molecule has 5 heteroatoms. The standard InChI is InChI=1S/C19H16FNO2S/c20-14-6-4-13(5-7-14)16-2-1-3-18-17(16)10-15(24-18)11-19(22)21-8-9-23-12-21/h1-7,10H,8-9,11-12H2. The predicted octanol–water partition coefficient (Wildman–Crippen LogP) is 4.07. The molecule has 24 heavy (non-hydrogen) atoms. The average Bonchev–Trinajstić information content (AvgIpc) is 3.24. The summed E-state index contributed by atoms with van der Waals surface area (Å²) in [6.45, 7) is 1.68. The van der Waals surface area contributed by atoms with E-state index >= 15 is 0 Å². The molecule has 2 aromatic carbocycles. The summed E-state index contributed by atoms with van der Waals surface area (Å²) in [5.74, 6) is -0.141. The summed E-state index contributed by atoms with van der Waals surface area (Å²) in [7, 11) is 0. The van der Waals surface area contributed by atoms with Gasteiger partial charge in [0.2, 0.25) is 5.91 Å². The first-order valence-electron chi connectivity index (χ1n) is 7.83. The lowest BCUT2D eigenvalue weighted by molar-refractivity contribution is -0.130. The number of rotatable bonds is 3. The van der Waals surface area contributed by atoms with Crippen molar-refractivity contribution < 1.29 is 13.9 Å². The first-order chi connectivity index (χ1) is 11.7. The highest BCUT2D eigenvalue weighted by molar-refractivity contribution is 7.19. The quantitative estimate of drug-likeness (QED) is 0.719. The van der Waals surface area contributed by atoms with Gasteiger partial charge in [-0.15, -0.1) is 11.3 Å². The summed E-state index contributed by atoms with van der Waals surface area (Å²) in [4.78, 5) is 15.1. The van der Waals surface area contributed by atoms with Gasteiger partial charge in [-0.05, 0) is 35.4 Å². The van der Waals surface area contributed by atoms with Gasteiger partial charge in [-0.1, -0.05) is 24.3 Å². The number of amides is 1. The lowest BCUT2D eigenvalue weighted by atomic mass is 10.0. The molecule has 1 aliphatic rings. The second-order valence-corrected chi connectivity index (χ2v) is 6.98. The van der Waals surface area contributed by atoms with Gasteiger partial charge in [-0.2, -0.15) is 0 Å². The number of hydrogen-bond acceptors (Lipinski definition) is 3. The zero-order valence-corrected chi connectivity index (χ0v) is 13.8. The molecular weight excluding hydrogens is 325 g/mol. The van der Waals surface area contributed by atoms with Crippen molar-refractivity contribution in [2.75, 3.05) is 19.9 Å². The summed E-state index contributed by atoms with van der Waals surface area (Å²) in [6, 6.07) is 14.7. The molecule has 1 aliphatic heterocycles. The third-order valence-electron chi connectivity index (χ3n) is 4.20. The van der Waals surface area contributed by atoms with Gasteiger partial charge in [0.25, 0.3) is 0 Å². The largest absolute Gasteiger partial charge is 0.359 e. The molecule has 0 aliphatic carbocycles. The monoisotopic (exact) mass is 341 g/mol. The highest BCUT2D eigenvalue weighted by Crippen LogP contribution is 2.34. The Morgan fingerprint density at radius 3 is 2.79 bits per heavy atom.